The average molecular weight is 238 g/mol. The number of nitrogens with one attached hydrogen (secondary N) is 1. The van der Waals surface area contributed by atoms with Gasteiger partial charge in [0.2, 0.25) is 0 Å². The van der Waals surface area contributed by atoms with Gasteiger partial charge in [0.25, 0.3) is 5.69 Å². The molecule has 0 spiro atoms. The van der Waals surface area contributed by atoms with Gasteiger partial charge in [-0.1, -0.05) is 12.1 Å². The molecule has 0 amide bonds. The lowest BCUT2D eigenvalue weighted by molar-refractivity contribution is -0.384. The number of rotatable bonds is 3. The molecule has 0 radical (unpaired) electrons. The van der Waals surface area contributed by atoms with Crippen molar-refractivity contribution in [1.29, 1.82) is 0 Å². The standard InChI is InChI=1S/C11H14N2O2S/c14-13(15)10-3-1-9(2-4-10)7-11-8-12-5-6-16-11/h1-4,11-12H,5-8H2. The molecule has 1 fully saturated rings. The van der Waals surface area contributed by atoms with Crippen LogP contribution in [-0.4, -0.2) is 29.0 Å². The fourth-order valence-electron chi connectivity index (χ4n) is 1.77. The Morgan fingerprint density at radius 3 is 2.75 bits per heavy atom. The van der Waals surface area contributed by atoms with Crippen molar-refractivity contribution < 1.29 is 4.92 Å². The lowest BCUT2D eigenvalue weighted by atomic mass is 10.1. The fraction of sp³-hybridized carbons (Fsp3) is 0.455. The van der Waals surface area contributed by atoms with Crippen molar-refractivity contribution in [1.82, 2.24) is 5.32 Å². The molecular weight excluding hydrogens is 224 g/mol. The summed E-state index contributed by atoms with van der Waals surface area (Å²) < 4.78 is 0. The fourth-order valence-corrected chi connectivity index (χ4v) is 2.91. The maximum atomic E-state index is 10.5. The van der Waals surface area contributed by atoms with E-state index in [4.69, 9.17) is 0 Å². The first-order valence-corrected chi connectivity index (χ1v) is 6.36. The van der Waals surface area contributed by atoms with Crippen molar-refractivity contribution in [3.8, 4) is 0 Å². The first kappa shape index (κ1) is 11.4. The van der Waals surface area contributed by atoms with Gasteiger partial charge in [-0.15, -0.1) is 0 Å². The molecular formula is C11H14N2O2S. The summed E-state index contributed by atoms with van der Waals surface area (Å²) in [5.74, 6) is 1.15. The number of nitro groups is 1. The Bertz CT molecular complexity index is 361. The summed E-state index contributed by atoms with van der Waals surface area (Å²) in [5.41, 5.74) is 1.34. The van der Waals surface area contributed by atoms with Gasteiger partial charge in [-0.05, 0) is 12.0 Å². The smallest absolute Gasteiger partial charge is 0.269 e. The minimum atomic E-state index is -0.360. The lowest BCUT2D eigenvalue weighted by Crippen LogP contribution is -2.33. The minimum absolute atomic E-state index is 0.165. The maximum Gasteiger partial charge on any atom is 0.269 e. The summed E-state index contributed by atoms with van der Waals surface area (Å²) in [6.07, 6.45) is 0.982. The molecule has 1 aromatic carbocycles. The summed E-state index contributed by atoms with van der Waals surface area (Å²) in [6.45, 7) is 2.11. The monoisotopic (exact) mass is 238 g/mol. The van der Waals surface area contributed by atoms with E-state index < -0.39 is 0 Å². The highest BCUT2D eigenvalue weighted by Crippen LogP contribution is 2.20. The lowest BCUT2D eigenvalue weighted by Gasteiger charge is -2.22. The molecule has 4 nitrogen and oxygen atoms in total. The second-order valence-electron chi connectivity index (χ2n) is 3.82. The van der Waals surface area contributed by atoms with Crippen LogP contribution < -0.4 is 5.32 Å². The highest BCUT2D eigenvalue weighted by molar-refractivity contribution is 8.00. The molecule has 2 rings (SSSR count). The summed E-state index contributed by atoms with van der Waals surface area (Å²) in [4.78, 5) is 10.1. The van der Waals surface area contributed by atoms with Gasteiger partial charge in [-0.2, -0.15) is 11.8 Å². The van der Waals surface area contributed by atoms with Crippen LogP contribution in [0.1, 0.15) is 5.56 Å². The summed E-state index contributed by atoms with van der Waals surface area (Å²) in [5, 5.41) is 14.4. The molecule has 1 saturated heterocycles. The maximum absolute atomic E-state index is 10.5. The average Bonchev–Trinajstić information content (AvgIpc) is 2.31. The van der Waals surface area contributed by atoms with E-state index in [1.54, 1.807) is 12.1 Å². The van der Waals surface area contributed by atoms with E-state index in [0.29, 0.717) is 5.25 Å². The number of benzene rings is 1. The van der Waals surface area contributed by atoms with Crippen LogP contribution in [0.3, 0.4) is 0 Å². The third-order valence-electron chi connectivity index (χ3n) is 2.61. The molecule has 0 bridgehead atoms. The van der Waals surface area contributed by atoms with Crippen molar-refractivity contribution in [3.63, 3.8) is 0 Å². The van der Waals surface area contributed by atoms with Gasteiger partial charge < -0.3 is 5.32 Å². The number of non-ortho nitro benzene ring substituents is 1. The van der Waals surface area contributed by atoms with Gasteiger partial charge >= 0.3 is 0 Å². The topological polar surface area (TPSA) is 55.2 Å². The number of nitrogens with zero attached hydrogens (tertiary/aromatic N) is 1. The van der Waals surface area contributed by atoms with Gasteiger partial charge in [-0.3, -0.25) is 10.1 Å². The van der Waals surface area contributed by atoms with E-state index in [9.17, 15) is 10.1 Å². The highest BCUT2D eigenvalue weighted by atomic mass is 32.2. The Kier molecular flexibility index (Phi) is 3.79. The summed E-state index contributed by atoms with van der Waals surface area (Å²) in [7, 11) is 0. The van der Waals surface area contributed by atoms with Gasteiger partial charge in [0.05, 0.1) is 4.92 Å². The zero-order valence-electron chi connectivity index (χ0n) is 8.89. The number of nitro benzene ring substituents is 1. The van der Waals surface area contributed by atoms with E-state index >= 15 is 0 Å². The Morgan fingerprint density at radius 1 is 1.44 bits per heavy atom. The minimum Gasteiger partial charge on any atom is -0.315 e. The predicted octanol–water partition coefficient (Wildman–Crippen LogP) is 1.84. The molecule has 86 valence electrons. The zero-order chi connectivity index (χ0) is 11.4. The molecule has 0 aromatic heterocycles. The van der Waals surface area contributed by atoms with Crippen molar-refractivity contribution in [2.75, 3.05) is 18.8 Å². The number of hydrogen-bond donors (Lipinski definition) is 1. The highest BCUT2D eigenvalue weighted by Gasteiger charge is 2.14. The molecule has 16 heavy (non-hydrogen) atoms. The van der Waals surface area contributed by atoms with Crippen molar-refractivity contribution >= 4 is 17.4 Å². The number of thioether (sulfide) groups is 1. The molecule has 0 saturated carbocycles. The molecule has 1 aromatic rings. The van der Waals surface area contributed by atoms with E-state index in [1.165, 1.54) is 5.56 Å². The third kappa shape index (κ3) is 2.96. The van der Waals surface area contributed by atoms with Crippen LogP contribution in [0, 0.1) is 10.1 Å². The van der Waals surface area contributed by atoms with Crippen molar-refractivity contribution in [2.45, 2.75) is 11.7 Å². The molecule has 1 atom stereocenters. The molecule has 0 aliphatic carbocycles. The first-order chi connectivity index (χ1) is 7.75. The zero-order valence-corrected chi connectivity index (χ0v) is 9.70. The van der Waals surface area contributed by atoms with E-state index in [-0.39, 0.29) is 10.6 Å². The van der Waals surface area contributed by atoms with Crippen molar-refractivity contribution in [2.24, 2.45) is 0 Å². The Hall–Kier alpha value is -1.07. The van der Waals surface area contributed by atoms with Crippen molar-refractivity contribution in [3.05, 3.63) is 39.9 Å². The summed E-state index contributed by atoms with van der Waals surface area (Å²) in [6, 6.07) is 6.87. The second-order valence-corrected chi connectivity index (χ2v) is 5.23. The van der Waals surface area contributed by atoms with Gasteiger partial charge in [0.1, 0.15) is 0 Å². The first-order valence-electron chi connectivity index (χ1n) is 5.31. The quantitative estimate of drug-likeness (QED) is 0.645. The van der Waals surface area contributed by atoms with Crippen LogP contribution in [0.25, 0.3) is 0 Å². The molecule has 1 aliphatic rings. The molecule has 1 unspecified atom stereocenters. The molecule has 1 aliphatic heterocycles. The van der Waals surface area contributed by atoms with Crippen LogP contribution in [0.2, 0.25) is 0 Å². The van der Waals surface area contributed by atoms with Gasteiger partial charge in [0, 0.05) is 36.2 Å². The summed E-state index contributed by atoms with van der Waals surface area (Å²) >= 11 is 1.97. The number of hydrogen-bond acceptors (Lipinski definition) is 4. The predicted molar refractivity (Wildman–Crippen MR) is 65.9 cm³/mol. The third-order valence-corrected chi connectivity index (χ3v) is 3.86. The van der Waals surface area contributed by atoms with Crippen LogP contribution >= 0.6 is 11.8 Å². The Morgan fingerprint density at radius 2 is 2.19 bits per heavy atom. The molecule has 1 N–H and O–H groups in total. The van der Waals surface area contributed by atoms with Crippen LogP contribution in [0.5, 0.6) is 0 Å². The normalized spacial score (nSPS) is 20.6. The van der Waals surface area contributed by atoms with Gasteiger partial charge in [-0.25, -0.2) is 0 Å². The molecule has 1 heterocycles. The largest absolute Gasteiger partial charge is 0.315 e. The van der Waals surface area contributed by atoms with Crippen LogP contribution in [-0.2, 0) is 6.42 Å². The van der Waals surface area contributed by atoms with Crippen LogP contribution in [0.15, 0.2) is 24.3 Å². The second kappa shape index (κ2) is 5.32. The van der Waals surface area contributed by atoms with E-state index in [0.717, 1.165) is 25.3 Å². The molecule has 5 heteroatoms. The Balaban J connectivity index is 1.96. The van der Waals surface area contributed by atoms with E-state index in [1.807, 2.05) is 23.9 Å². The van der Waals surface area contributed by atoms with Crippen LogP contribution in [0.4, 0.5) is 5.69 Å². The van der Waals surface area contributed by atoms with Gasteiger partial charge in [0.15, 0.2) is 0 Å². The Labute approximate surface area is 98.6 Å². The van der Waals surface area contributed by atoms with E-state index in [2.05, 4.69) is 5.32 Å². The SMILES string of the molecule is O=[N+]([O-])c1ccc(CC2CNCCS2)cc1.